The van der Waals surface area contributed by atoms with E-state index < -0.39 is 5.97 Å². The number of hydrogen-bond acceptors (Lipinski definition) is 6. The van der Waals surface area contributed by atoms with E-state index in [4.69, 9.17) is 16.3 Å². The van der Waals surface area contributed by atoms with Crippen LogP contribution in [0.2, 0.25) is 5.02 Å². The van der Waals surface area contributed by atoms with Gasteiger partial charge >= 0.3 is 5.97 Å². The average Bonchev–Trinajstić information content (AvgIpc) is 2.69. The number of rotatable bonds is 4. The Morgan fingerprint density at radius 3 is 2.48 bits per heavy atom. The van der Waals surface area contributed by atoms with E-state index in [9.17, 15) is 9.59 Å². The molecule has 3 rings (SSSR count). The largest absolute Gasteiger partial charge is 0.465 e. The summed E-state index contributed by atoms with van der Waals surface area (Å²) >= 11 is 6.16. The molecule has 1 N–H and O–H groups in total. The summed E-state index contributed by atoms with van der Waals surface area (Å²) in [6, 6.07) is 4.72. The molecule has 2 aromatic rings. The van der Waals surface area contributed by atoms with Crippen LogP contribution in [0.1, 0.15) is 40.5 Å². The minimum atomic E-state index is -0.465. The van der Waals surface area contributed by atoms with Gasteiger partial charge in [0.05, 0.1) is 28.9 Å². The van der Waals surface area contributed by atoms with Gasteiger partial charge in [-0.3, -0.25) is 4.79 Å². The van der Waals surface area contributed by atoms with Crippen LogP contribution >= 0.6 is 11.6 Å². The fourth-order valence-corrected chi connectivity index (χ4v) is 3.05. The Morgan fingerprint density at radius 2 is 1.85 bits per heavy atom. The number of aromatic nitrogens is 2. The maximum atomic E-state index is 12.5. The zero-order chi connectivity index (χ0) is 19.4. The molecule has 7 nitrogen and oxygen atoms in total. The summed E-state index contributed by atoms with van der Waals surface area (Å²) in [6.45, 7) is 3.72. The van der Waals surface area contributed by atoms with E-state index in [0.29, 0.717) is 27.8 Å². The molecule has 0 atom stereocenters. The summed E-state index contributed by atoms with van der Waals surface area (Å²) in [5.74, 6) is 0.414. The Balaban J connectivity index is 1.71. The maximum Gasteiger partial charge on any atom is 0.337 e. The molecule has 0 bridgehead atoms. The van der Waals surface area contributed by atoms with Gasteiger partial charge in [0.25, 0.3) is 5.91 Å². The van der Waals surface area contributed by atoms with Gasteiger partial charge in [0.15, 0.2) is 0 Å². The Bertz CT molecular complexity index is 833. The zero-order valence-electron chi connectivity index (χ0n) is 15.2. The predicted octanol–water partition coefficient (Wildman–Crippen LogP) is 3.53. The number of amides is 1. The number of benzene rings is 1. The number of piperidine rings is 1. The lowest BCUT2D eigenvalue weighted by Gasteiger charge is -2.30. The van der Waals surface area contributed by atoms with Gasteiger partial charge in [0.1, 0.15) is 0 Å². The maximum absolute atomic E-state index is 12.5. The van der Waals surface area contributed by atoms with E-state index in [1.54, 1.807) is 18.2 Å². The highest BCUT2D eigenvalue weighted by Crippen LogP contribution is 2.26. The highest BCUT2D eigenvalue weighted by atomic mass is 35.5. The molecule has 27 heavy (non-hydrogen) atoms. The van der Waals surface area contributed by atoms with Crippen LogP contribution in [0.15, 0.2) is 30.6 Å². The van der Waals surface area contributed by atoms with Crippen LogP contribution in [0.3, 0.4) is 0 Å². The quantitative estimate of drug-likeness (QED) is 0.806. The molecule has 0 unspecified atom stereocenters. The van der Waals surface area contributed by atoms with Gasteiger partial charge in [-0.2, -0.15) is 0 Å². The van der Waals surface area contributed by atoms with Crippen molar-refractivity contribution in [1.29, 1.82) is 0 Å². The number of esters is 1. The van der Waals surface area contributed by atoms with Crippen molar-refractivity contribution in [3.63, 3.8) is 0 Å². The first kappa shape index (κ1) is 19.1. The van der Waals surface area contributed by atoms with Crippen LogP contribution in [0.25, 0.3) is 0 Å². The van der Waals surface area contributed by atoms with Crippen LogP contribution in [0, 0.1) is 5.92 Å². The van der Waals surface area contributed by atoms with E-state index in [-0.39, 0.29) is 11.9 Å². The topological polar surface area (TPSA) is 84.4 Å². The second-order valence-corrected chi connectivity index (χ2v) is 6.99. The summed E-state index contributed by atoms with van der Waals surface area (Å²) in [5.41, 5.74) is 1.28. The third-order valence-corrected chi connectivity index (χ3v) is 4.93. The van der Waals surface area contributed by atoms with Crippen LogP contribution in [-0.4, -0.2) is 46.9 Å². The van der Waals surface area contributed by atoms with Crippen molar-refractivity contribution in [1.82, 2.24) is 14.9 Å². The number of methoxy groups -OCH3 is 1. The number of anilines is 2. The van der Waals surface area contributed by atoms with Gasteiger partial charge in [0.2, 0.25) is 5.95 Å². The van der Waals surface area contributed by atoms with Crippen LogP contribution in [0.5, 0.6) is 0 Å². The average molecular weight is 389 g/mol. The second-order valence-electron chi connectivity index (χ2n) is 6.58. The number of carbonyl (C=O) groups excluding carboxylic acids is 2. The monoisotopic (exact) mass is 388 g/mol. The second kappa shape index (κ2) is 8.35. The van der Waals surface area contributed by atoms with Crippen molar-refractivity contribution in [3.05, 3.63) is 46.7 Å². The van der Waals surface area contributed by atoms with Crippen LogP contribution < -0.4 is 5.32 Å². The first-order valence-corrected chi connectivity index (χ1v) is 9.12. The normalized spacial score (nSPS) is 14.7. The molecule has 1 aliphatic heterocycles. The standard InChI is InChI=1S/C19H21ClN4O3/c1-12-5-7-24(8-6-12)17(25)14-10-21-19(22-11-14)23-16-9-13(18(26)27-2)3-4-15(16)20/h3-4,9-12H,5-8H2,1-2H3,(H,21,22,23). The van der Waals surface area contributed by atoms with Crippen LogP contribution in [0.4, 0.5) is 11.6 Å². The van der Waals surface area contributed by atoms with Crippen molar-refractivity contribution in [2.75, 3.05) is 25.5 Å². The van der Waals surface area contributed by atoms with Gasteiger partial charge in [-0.1, -0.05) is 18.5 Å². The molecule has 1 aromatic carbocycles. The van der Waals surface area contributed by atoms with Crippen molar-refractivity contribution < 1.29 is 14.3 Å². The summed E-state index contributed by atoms with van der Waals surface area (Å²) in [5, 5.41) is 3.37. The van der Waals surface area contributed by atoms with Crippen molar-refractivity contribution in [3.8, 4) is 0 Å². The molecule has 1 aromatic heterocycles. The minimum Gasteiger partial charge on any atom is -0.465 e. The highest BCUT2D eigenvalue weighted by Gasteiger charge is 2.22. The summed E-state index contributed by atoms with van der Waals surface area (Å²) < 4.78 is 4.70. The van der Waals surface area contributed by atoms with E-state index in [1.165, 1.54) is 19.5 Å². The van der Waals surface area contributed by atoms with Crippen molar-refractivity contribution in [2.24, 2.45) is 5.92 Å². The predicted molar refractivity (Wildman–Crippen MR) is 102 cm³/mol. The Labute approximate surface area is 162 Å². The number of ether oxygens (including phenoxy) is 1. The third-order valence-electron chi connectivity index (χ3n) is 4.60. The lowest BCUT2D eigenvalue weighted by molar-refractivity contribution is 0.0600. The third kappa shape index (κ3) is 4.54. The van der Waals surface area contributed by atoms with Crippen molar-refractivity contribution >= 4 is 35.1 Å². The summed E-state index contributed by atoms with van der Waals surface area (Å²) in [4.78, 5) is 34.4. The molecular formula is C19H21ClN4O3. The molecule has 2 heterocycles. The minimum absolute atomic E-state index is 0.0563. The Hall–Kier alpha value is -2.67. The SMILES string of the molecule is COC(=O)c1ccc(Cl)c(Nc2ncc(C(=O)N3CCC(C)CC3)cn2)c1. The van der Waals surface area contributed by atoms with E-state index in [2.05, 4.69) is 22.2 Å². The smallest absolute Gasteiger partial charge is 0.337 e. The summed E-state index contributed by atoms with van der Waals surface area (Å²) in [7, 11) is 1.31. The highest BCUT2D eigenvalue weighted by molar-refractivity contribution is 6.33. The Morgan fingerprint density at radius 1 is 1.19 bits per heavy atom. The molecule has 0 spiro atoms. The summed E-state index contributed by atoms with van der Waals surface area (Å²) in [6.07, 6.45) is 5.02. The number of carbonyl (C=O) groups is 2. The van der Waals surface area contributed by atoms with E-state index >= 15 is 0 Å². The first-order valence-electron chi connectivity index (χ1n) is 8.74. The number of likely N-dealkylation sites (tertiary alicyclic amines) is 1. The van der Waals surface area contributed by atoms with E-state index in [1.807, 2.05) is 4.90 Å². The fraction of sp³-hybridized carbons (Fsp3) is 0.368. The van der Waals surface area contributed by atoms with Gasteiger partial charge < -0.3 is 15.0 Å². The molecule has 0 radical (unpaired) electrons. The molecule has 1 fully saturated rings. The molecule has 1 amide bonds. The number of nitrogens with zero attached hydrogens (tertiary/aromatic N) is 3. The Kier molecular flexibility index (Phi) is 5.91. The number of nitrogens with one attached hydrogen (secondary N) is 1. The van der Waals surface area contributed by atoms with Crippen molar-refractivity contribution in [2.45, 2.75) is 19.8 Å². The fourth-order valence-electron chi connectivity index (χ4n) is 2.88. The molecule has 1 saturated heterocycles. The lowest BCUT2D eigenvalue weighted by Crippen LogP contribution is -2.38. The zero-order valence-corrected chi connectivity index (χ0v) is 16.0. The first-order chi connectivity index (χ1) is 13.0. The van der Waals surface area contributed by atoms with Gasteiger partial charge in [-0.25, -0.2) is 14.8 Å². The lowest BCUT2D eigenvalue weighted by atomic mass is 9.99. The molecule has 142 valence electrons. The number of hydrogen-bond donors (Lipinski definition) is 1. The molecular weight excluding hydrogens is 368 g/mol. The molecule has 8 heteroatoms. The van der Waals surface area contributed by atoms with Gasteiger partial charge in [0, 0.05) is 25.5 Å². The van der Waals surface area contributed by atoms with E-state index in [0.717, 1.165) is 25.9 Å². The number of halogens is 1. The molecule has 0 saturated carbocycles. The van der Waals surface area contributed by atoms with Gasteiger partial charge in [-0.15, -0.1) is 0 Å². The molecule has 0 aliphatic carbocycles. The van der Waals surface area contributed by atoms with Crippen LogP contribution in [-0.2, 0) is 4.74 Å². The van der Waals surface area contributed by atoms with Gasteiger partial charge in [-0.05, 0) is 37.0 Å². The molecule has 1 aliphatic rings.